The molecule has 3 heterocycles. The van der Waals surface area contributed by atoms with Crippen molar-refractivity contribution in [2.45, 2.75) is 19.6 Å². The summed E-state index contributed by atoms with van der Waals surface area (Å²) in [6, 6.07) is 11.2. The maximum atomic E-state index is 12.7. The van der Waals surface area contributed by atoms with Gasteiger partial charge in [-0.1, -0.05) is 24.3 Å². The number of nitrogens with zero attached hydrogens (tertiary/aromatic N) is 2. The minimum Gasteiger partial charge on any atom is -0.449 e. The molecule has 0 bridgehead atoms. The van der Waals surface area contributed by atoms with E-state index in [1.165, 1.54) is 11.3 Å². The van der Waals surface area contributed by atoms with Crippen molar-refractivity contribution in [2.24, 2.45) is 0 Å². The van der Waals surface area contributed by atoms with Gasteiger partial charge in [-0.3, -0.25) is 0 Å². The Balaban J connectivity index is 1.57. The van der Waals surface area contributed by atoms with Gasteiger partial charge in [0.05, 0.1) is 11.5 Å². The molecule has 0 fully saturated rings. The molecule has 0 N–H and O–H groups in total. The van der Waals surface area contributed by atoms with Gasteiger partial charge >= 0.3 is 5.97 Å². The Bertz CT molecular complexity index is 1070. The molecule has 4 aromatic rings. The Labute approximate surface area is 158 Å². The molecule has 0 saturated heterocycles. The summed E-state index contributed by atoms with van der Waals surface area (Å²) in [5.74, 6) is 0.118. The van der Waals surface area contributed by atoms with Crippen molar-refractivity contribution in [3.8, 4) is 10.8 Å². The molecule has 27 heavy (non-hydrogen) atoms. The van der Waals surface area contributed by atoms with Gasteiger partial charge in [0.15, 0.2) is 6.10 Å². The minimum absolute atomic E-state index is 0.114. The van der Waals surface area contributed by atoms with Gasteiger partial charge in [-0.2, -0.15) is 0 Å². The number of para-hydroxylation sites is 1. The number of carbonyl (C=O) groups is 1. The van der Waals surface area contributed by atoms with E-state index in [9.17, 15) is 4.79 Å². The third-order valence-electron chi connectivity index (χ3n) is 3.98. The van der Waals surface area contributed by atoms with E-state index < -0.39 is 12.1 Å². The van der Waals surface area contributed by atoms with Gasteiger partial charge in [0.25, 0.3) is 11.8 Å². The summed E-state index contributed by atoms with van der Waals surface area (Å²) in [6.07, 6.45) is -0.720. The lowest BCUT2D eigenvalue weighted by Gasteiger charge is -2.08. The van der Waals surface area contributed by atoms with E-state index in [2.05, 4.69) is 10.2 Å². The van der Waals surface area contributed by atoms with Crippen molar-refractivity contribution in [1.29, 1.82) is 0 Å². The topological polar surface area (TPSA) is 87.6 Å². The van der Waals surface area contributed by atoms with E-state index in [1.54, 1.807) is 20.1 Å². The predicted molar refractivity (Wildman–Crippen MR) is 98.4 cm³/mol. The maximum Gasteiger partial charge on any atom is 0.375 e. The smallest absolute Gasteiger partial charge is 0.375 e. The monoisotopic (exact) mass is 384 g/mol. The Kier molecular flexibility index (Phi) is 4.74. The molecule has 0 aliphatic carbocycles. The van der Waals surface area contributed by atoms with E-state index in [4.69, 9.17) is 18.3 Å². The largest absolute Gasteiger partial charge is 0.449 e. The summed E-state index contributed by atoms with van der Waals surface area (Å²) in [5.41, 5.74) is 1.25. The van der Waals surface area contributed by atoms with Crippen LogP contribution in [-0.2, 0) is 16.1 Å². The first-order valence-corrected chi connectivity index (χ1v) is 9.13. The average Bonchev–Trinajstić information content (AvgIpc) is 3.41. The number of rotatable bonds is 6. The van der Waals surface area contributed by atoms with Gasteiger partial charge in [-0.15, -0.1) is 21.5 Å². The highest BCUT2D eigenvalue weighted by atomic mass is 32.1. The standard InChI is InChI=1S/C19H16N2O5S/c1-11(17-20-21-18(26-17)15-8-5-9-27-15)24-19(22)16-13(10-23-2)12-6-3-4-7-14(12)25-16/h3-9,11H,10H2,1-2H3/t11-/m1/s1. The number of methoxy groups -OCH3 is 1. The third kappa shape index (κ3) is 3.36. The lowest BCUT2D eigenvalue weighted by Crippen LogP contribution is -2.11. The number of hydrogen-bond acceptors (Lipinski definition) is 8. The molecule has 0 spiro atoms. The average molecular weight is 384 g/mol. The van der Waals surface area contributed by atoms with Crippen LogP contribution in [0.1, 0.15) is 35.0 Å². The van der Waals surface area contributed by atoms with Gasteiger partial charge in [0, 0.05) is 18.1 Å². The van der Waals surface area contributed by atoms with Crippen LogP contribution in [-0.4, -0.2) is 23.3 Å². The van der Waals surface area contributed by atoms with Gasteiger partial charge in [0.1, 0.15) is 5.58 Å². The third-order valence-corrected chi connectivity index (χ3v) is 4.83. The zero-order valence-corrected chi connectivity index (χ0v) is 15.5. The fourth-order valence-electron chi connectivity index (χ4n) is 2.71. The zero-order valence-electron chi connectivity index (χ0n) is 14.7. The van der Waals surface area contributed by atoms with E-state index in [1.807, 2.05) is 35.7 Å². The van der Waals surface area contributed by atoms with Crippen LogP contribution < -0.4 is 0 Å². The molecule has 8 heteroatoms. The molecule has 0 unspecified atom stereocenters. The van der Waals surface area contributed by atoms with Crippen molar-refractivity contribution >= 4 is 28.3 Å². The SMILES string of the molecule is COCc1c(C(=O)O[C@H](C)c2nnc(-c3cccs3)o2)oc2ccccc12. The number of aromatic nitrogens is 2. The summed E-state index contributed by atoms with van der Waals surface area (Å²) in [6.45, 7) is 1.90. The number of thiophene rings is 1. The van der Waals surface area contributed by atoms with E-state index in [0.29, 0.717) is 17.0 Å². The molecule has 3 aromatic heterocycles. The second-order valence-corrected chi connectivity index (χ2v) is 6.76. The maximum absolute atomic E-state index is 12.7. The normalized spacial score (nSPS) is 12.4. The quantitative estimate of drug-likeness (QED) is 0.449. The van der Waals surface area contributed by atoms with E-state index in [0.717, 1.165) is 10.3 Å². The van der Waals surface area contributed by atoms with Crippen molar-refractivity contribution < 1.29 is 23.1 Å². The number of ether oxygens (including phenoxy) is 2. The molecule has 138 valence electrons. The molecule has 0 radical (unpaired) electrons. The predicted octanol–water partition coefficient (Wildman–Crippen LogP) is 4.61. The summed E-state index contributed by atoms with van der Waals surface area (Å²) < 4.78 is 22.0. The zero-order chi connectivity index (χ0) is 18.8. The fraction of sp³-hybridized carbons (Fsp3) is 0.211. The van der Waals surface area contributed by atoms with Crippen molar-refractivity contribution in [3.05, 3.63) is 59.0 Å². The number of carbonyl (C=O) groups excluding carboxylic acids is 1. The van der Waals surface area contributed by atoms with Crippen LogP contribution in [0, 0.1) is 0 Å². The number of furan rings is 1. The number of fused-ring (bicyclic) bond motifs is 1. The molecule has 4 rings (SSSR count). The first-order valence-electron chi connectivity index (χ1n) is 8.25. The van der Waals surface area contributed by atoms with Gasteiger partial charge in [-0.05, 0) is 24.4 Å². The molecule has 7 nitrogen and oxygen atoms in total. The Morgan fingerprint density at radius 2 is 2.04 bits per heavy atom. The summed E-state index contributed by atoms with van der Waals surface area (Å²) in [7, 11) is 1.56. The first kappa shape index (κ1) is 17.4. The molecule has 1 aromatic carbocycles. The van der Waals surface area contributed by atoms with Crippen molar-refractivity contribution in [3.63, 3.8) is 0 Å². The molecular weight excluding hydrogens is 368 g/mol. The molecule has 0 aliphatic rings. The van der Waals surface area contributed by atoms with Crippen LogP contribution in [0.3, 0.4) is 0 Å². The van der Waals surface area contributed by atoms with Crippen LogP contribution >= 0.6 is 11.3 Å². The van der Waals surface area contributed by atoms with Crippen LogP contribution in [0.5, 0.6) is 0 Å². The minimum atomic E-state index is -0.720. The van der Waals surface area contributed by atoms with Crippen LogP contribution in [0.4, 0.5) is 0 Å². The highest BCUT2D eigenvalue weighted by Crippen LogP contribution is 2.30. The highest BCUT2D eigenvalue weighted by Gasteiger charge is 2.26. The second kappa shape index (κ2) is 7.34. The summed E-state index contributed by atoms with van der Waals surface area (Å²) in [4.78, 5) is 13.5. The van der Waals surface area contributed by atoms with Crippen molar-refractivity contribution in [2.75, 3.05) is 7.11 Å². The lowest BCUT2D eigenvalue weighted by atomic mass is 10.1. The second-order valence-electron chi connectivity index (χ2n) is 5.81. The number of benzene rings is 1. The van der Waals surface area contributed by atoms with E-state index >= 15 is 0 Å². The lowest BCUT2D eigenvalue weighted by molar-refractivity contribution is 0.0241. The van der Waals surface area contributed by atoms with Gasteiger partial charge in [-0.25, -0.2) is 4.79 Å². The van der Waals surface area contributed by atoms with Crippen LogP contribution in [0.25, 0.3) is 21.7 Å². The molecule has 0 amide bonds. The number of hydrogen-bond donors (Lipinski definition) is 0. The Morgan fingerprint density at radius 1 is 1.19 bits per heavy atom. The van der Waals surface area contributed by atoms with Gasteiger partial charge in [0.2, 0.25) is 5.76 Å². The highest BCUT2D eigenvalue weighted by molar-refractivity contribution is 7.13. The summed E-state index contributed by atoms with van der Waals surface area (Å²) in [5, 5.41) is 10.7. The Morgan fingerprint density at radius 3 is 2.81 bits per heavy atom. The van der Waals surface area contributed by atoms with Crippen LogP contribution in [0.2, 0.25) is 0 Å². The number of esters is 1. The molecule has 1 atom stereocenters. The van der Waals surface area contributed by atoms with Crippen molar-refractivity contribution in [1.82, 2.24) is 10.2 Å². The molecule has 0 saturated carbocycles. The van der Waals surface area contributed by atoms with Gasteiger partial charge < -0.3 is 18.3 Å². The van der Waals surface area contributed by atoms with Crippen LogP contribution in [0.15, 0.2) is 50.6 Å². The molecule has 0 aliphatic heterocycles. The van der Waals surface area contributed by atoms with E-state index in [-0.39, 0.29) is 18.3 Å². The fourth-order valence-corrected chi connectivity index (χ4v) is 3.36. The molecular formula is C19H16N2O5S. The first-order chi connectivity index (χ1) is 13.2. The Hall–Kier alpha value is -2.97. The summed E-state index contributed by atoms with van der Waals surface area (Å²) >= 11 is 1.49.